The van der Waals surface area contributed by atoms with Crippen molar-refractivity contribution in [3.63, 3.8) is 0 Å². The number of carbonyl (C=O) groups is 1. The topological polar surface area (TPSA) is 63.2 Å². The van der Waals surface area contributed by atoms with Crippen LogP contribution in [0.15, 0.2) is 17.0 Å². The fourth-order valence-corrected chi connectivity index (χ4v) is 3.04. The van der Waals surface area contributed by atoms with Crippen LogP contribution in [-0.2, 0) is 9.05 Å². The first-order chi connectivity index (χ1) is 8.62. The lowest BCUT2D eigenvalue weighted by atomic mass is 10.1. The predicted molar refractivity (Wildman–Crippen MR) is 76.4 cm³/mol. The van der Waals surface area contributed by atoms with Gasteiger partial charge >= 0.3 is 0 Å². The molecule has 19 heavy (non-hydrogen) atoms. The third kappa shape index (κ3) is 4.37. The van der Waals surface area contributed by atoms with Gasteiger partial charge in [-0.15, -0.1) is 0 Å². The molecule has 4 nitrogen and oxygen atoms in total. The van der Waals surface area contributed by atoms with E-state index in [0.29, 0.717) is 18.0 Å². The molecule has 0 saturated heterocycles. The Hall–Kier alpha value is -0.780. The van der Waals surface area contributed by atoms with Crippen molar-refractivity contribution in [3.05, 3.63) is 28.3 Å². The molecule has 1 N–H and O–H groups in total. The molecule has 0 aromatic heterocycles. The highest BCUT2D eigenvalue weighted by molar-refractivity contribution is 8.13. The van der Waals surface area contributed by atoms with Crippen LogP contribution in [0.5, 0.6) is 0 Å². The molecule has 0 aliphatic carbocycles. The van der Waals surface area contributed by atoms with Crippen LogP contribution in [0.3, 0.4) is 0 Å². The highest BCUT2D eigenvalue weighted by atomic mass is 35.7. The molecule has 0 spiro atoms. The molecular formula is C12H15Cl2NO3S. The van der Waals surface area contributed by atoms with E-state index in [-0.39, 0.29) is 21.4 Å². The zero-order chi connectivity index (χ0) is 14.8. The Balaban J connectivity index is 3.22. The molecule has 7 heteroatoms. The highest BCUT2D eigenvalue weighted by Crippen LogP contribution is 2.26. The van der Waals surface area contributed by atoms with Crippen LogP contribution in [0.1, 0.15) is 29.8 Å². The summed E-state index contributed by atoms with van der Waals surface area (Å²) in [5.74, 6) is -0.0741. The molecule has 0 fully saturated rings. The number of hydrogen-bond acceptors (Lipinski definition) is 3. The summed E-state index contributed by atoms with van der Waals surface area (Å²) in [6.45, 7) is 5.93. The quantitative estimate of drug-likeness (QED) is 0.866. The van der Waals surface area contributed by atoms with Gasteiger partial charge in [0.15, 0.2) is 0 Å². The van der Waals surface area contributed by atoms with E-state index in [4.69, 9.17) is 22.3 Å². The van der Waals surface area contributed by atoms with Crippen molar-refractivity contribution in [3.8, 4) is 0 Å². The summed E-state index contributed by atoms with van der Waals surface area (Å²) in [5, 5.41) is 2.86. The summed E-state index contributed by atoms with van der Waals surface area (Å²) in [4.78, 5) is 11.9. The molecule has 0 bridgehead atoms. The molecule has 0 radical (unpaired) electrons. The second kappa shape index (κ2) is 6.11. The number of benzene rings is 1. The van der Waals surface area contributed by atoms with E-state index in [2.05, 4.69) is 5.32 Å². The Morgan fingerprint density at radius 3 is 2.42 bits per heavy atom. The molecule has 1 amide bonds. The molecule has 1 aromatic rings. The van der Waals surface area contributed by atoms with Gasteiger partial charge < -0.3 is 5.32 Å². The van der Waals surface area contributed by atoms with Gasteiger partial charge in [-0.3, -0.25) is 4.79 Å². The van der Waals surface area contributed by atoms with Gasteiger partial charge in [0, 0.05) is 27.8 Å². The lowest BCUT2D eigenvalue weighted by Gasteiger charge is -2.12. The summed E-state index contributed by atoms with van der Waals surface area (Å²) in [7, 11) is 1.39. The van der Waals surface area contributed by atoms with E-state index in [1.165, 1.54) is 19.1 Å². The molecular weight excluding hydrogens is 309 g/mol. The van der Waals surface area contributed by atoms with Gasteiger partial charge in [-0.1, -0.05) is 25.4 Å². The predicted octanol–water partition coefficient (Wildman–Crippen LogP) is 2.96. The van der Waals surface area contributed by atoms with Crippen molar-refractivity contribution in [2.24, 2.45) is 5.92 Å². The third-order valence-electron chi connectivity index (χ3n) is 2.50. The van der Waals surface area contributed by atoms with Gasteiger partial charge in [0.1, 0.15) is 0 Å². The third-order valence-corrected chi connectivity index (χ3v) is 4.17. The number of rotatable bonds is 4. The van der Waals surface area contributed by atoms with Crippen LogP contribution >= 0.6 is 22.3 Å². The lowest BCUT2D eigenvalue weighted by molar-refractivity contribution is 0.0948. The van der Waals surface area contributed by atoms with Crippen LogP contribution in [0.4, 0.5) is 0 Å². The number of nitrogens with one attached hydrogen (secondary N) is 1. The lowest BCUT2D eigenvalue weighted by Crippen LogP contribution is -2.28. The first-order valence-corrected chi connectivity index (χ1v) is 8.34. The van der Waals surface area contributed by atoms with Gasteiger partial charge in [0.2, 0.25) is 0 Å². The molecule has 0 aliphatic rings. The van der Waals surface area contributed by atoms with E-state index < -0.39 is 9.05 Å². The Kier molecular flexibility index (Phi) is 5.24. The molecule has 0 saturated carbocycles. The van der Waals surface area contributed by atoms with Crippen LogP contribution in [0.25, 0.3) is 0 Å². The maximum absolute atomic E-state index is 12.0. The highest BCUT2D eigenvalue weighted by Gasteiger charge is 2.20. The Labute approximate surface area is 122 Å². The molecule has 0 heterocycles. The minimum atomic E-state index is -3.94. The summed E-state index contributed by atoms with van der Waals surface area (Å²) >= 11 is 5.83. The number of amides is 1. The van der Waals surface area contributed by atoms with Crippen molar-refractivity contribution < 1.29 is 13.2 Å². The Morgan fingerprint density at radius 1 is 1.37 bits per heavy atom. The number of halogens is 2. The minimum Gasteiger partial charge on any atom is -0.352 e. The second-order valence-corrected chi connectivity index (χ2v) is 7.59. The monoisotopic (exact) mass is 323 g/mol. The van der Waals surface area contributed by atoms with E-state index >= 15 is 0 Å². The van der Waals surface area contributed by atoms with Crippen molar-refractivity contribution >= 4 is 37.2 Å². The van der Waals surface area contributed by atoms with Crippen molar-refractivity contribution in [1.82, 2.24) is 5.32 Å². The zero-order valence-electron chi connectivity index (χ0n) is 10.8. The standard InChI is InChI=1S/C12H15Cl2NO3S/c1-7(2)6-15-12(16)10-4-9(13)5-11(8(10)3)19(14,17)18/h4-5,7H,6H2,1-3H3,(H,15,16). The first kappa shape index (κ1) is 16.3. The molecule has 0 unspecified atom stereocenters. The summed E-state index contributed by atoms with van der Waals surface area (Å²) in [6, 6.07) is 2.66. The van der Waals surface area contributed by atoms with Gasteiger partial charge in [-0.25, -0.2) is 8.42 Å². The van der Waals surface area contributed by atoms with Crippen molar-refractivity contribution in [2.45, 2.75) is 25.7 Å². The molecule has 1 aromatic carbocycles. The van der Waals surface area contributed by atoms with Gasteiger partial charge in [-0.05, 0) is 30.5 Å². The van der Waals surface area contributed by atoms with E-state index in [1.54, 1.807) is 0 Å². The van der Waals surface area contributed by atoms with Crippen molar-refractivity contribution in [2.75, 3.05) is 6.54 Å². The van der Waals surface area contributed by atoms with Crippen LogP contribution in [0.2, 0.25) is 5.02 Å². The SMILES string of the molecule is Cc1c(C(=O)NCC(C)C)cc(Cl)cc1S(=O)(=O)Cl. The molecule has 0 atom stereocenters. The van der Waals surface area contributed by atoms with Crippen molar-refractivity contribution in [1.29, 1.82) is 0 Å². The molecule has 106 valence electrons. The average Bonchev–Trinajstić information content (AvgIpc) is 2.27. The van der Waals surface area contributed by atoms with Crippen LogP contribution < -0.4 is 5.32 Å². The maximum Gasteiger partial charge on any atom is 0.261 e. The average molecular weight is 324 g/mol. The number of hydrogen-bond donors (Lipinski definition) is 1. The summed E-state index contributed by atoms with van der Waals surface area (Å²) in [6.07, 6.45) is 0. The van der Waals surface area contributed by atoms with E-state index in [0.717, 1.165) is 0 Å². The normalized spacial score (nSPS) is 11.7. The van der Waals surface area contributed by atoms with Gasteiger partial charge in [0.25, 0.3) is 15.0 Å². The Bertz CT molecular complexity index is 597. The van der Waals surface area contributed by atoms with E-state index in [1.807, 2.05) is 13.8 Å². The minimum absolute atomic E-state index is 0.142. The smallest absolute Gasteiger partial charge is 0.261 e. The molecule has 1 rings (SSSR count). The van der Waals surface area contributed by atoms with Crippen LogP contribution in [-0.4, -0.2) is 20.9 Å². The fourth-order valence-electron chi connectivity index (χ4n) is 1.54. The number of carbonyl (C=O) groups excluding carboxylic acids is 1. The maximum atomic E-state index is 12.0. The Morgan fingerprint density at radius 2 is 1.95 bits per heavy atom. The first-order valence-electron chi connectivity index (χ1n) is 5.66. The molecule has 0 aliphatic heterocycles. The van der Waals surface area contributed by atoms with Crippen LogP contribution in [0, 0.1) is 12.8 Å². The summed E-state index contributed by atoms with van der Waals surface area (Å²) in [5.41, 5.74) is 0.507. The van der Waals surface area contributed by atoms with Gasteiger partial charge in [-0.2, -0.15) is 0 Å². The largest absolute Gasteiger partial charge is 0.352 e. The fraction of sp³-hybridized carbons (Fsp3) is 0.417. The summed E-state index contributed by atoms with van der Waals surface area (Å²) < 4.78 is 22.8. The van der Waals surface area contributed by atoms with Gasteiger partial charge in [0.05, 0.1) is 4.90 Å². The second-order valence-electron chi connectivity index (χ2n) is 4.62. The van der Waals surface area contributed by atoms with E-state index in [9.17, 15) is 13.2 Å². The zero-order valence-corrected chi connectivity index (χ0v) is 13.2.